The van der Waals surface area contributed by atoms with E-state index in [9.17, 15) is 4.79 Å². The van der Waals surface area contributed by atoms with E-state index in [1.54, 1.807) is 0 Å². The number of thiocarbonyl (C=S) groups is 1. The van der Waals surface area contributed by atoms with Crippen molar-refractivity contribution in [1.29, 1.82) is 0 Å². The highest BCUT2D eigenvalue weighted by molar-refractivity contribution is 7.80. The minimum absolute atomic E-state index is 0.0964. The van der Waals surface area contributed by atoms with Crippen LogP contribution < -0.4 is 16.4 Å². The third kappa shape index (κ3) is 3.94. The topological polar surface area (TPSA) is 76.4 Å². The van der Waals surface area contributed by atoms with Gasteiger partial charge in [-0.1, -0.05) is 26.1 Å². The number of ether oxygens (including phenoxy) is 1. The number of amides is 2. The van der Waals surface area contributed by atoms with Crippen LogP contribution in [-0.2, 0) is 4.74 Å². The second-order valence-electron chi connectivity index (χ2n) is 4.30. The molecule has 1 heterocycles. The average Bonchev–Trinajstić information content (AvgIpc) is 2.65. The van der Waals surface area contributed by atoms with Crippen LogP contribution in [0, 0.1) is 5.92 Å². The van der Waals surface area contributed by atoms with Gasteiger partial charge in [0.15, 0.2) is 0 Å². The van der Waals surface area contributed by atoms with E-state index in [-0.39, 0.29) is 24.0 Å². The summed E-state index contributed by atoms with van der Waals surface area (Å²) in [5.74, 6) is 0.183. The molecule has 0 radical (unpaired) electrons. The monoisotopic (exact) mass is 245 g/mol. The molecule has 0 bridgehead atoms. The normalized spacial score (nSPS) is 21.8. The zero-order chi connectivity index (χ0) is 12.1. The summed E-state index contributed by atoms with van der Waals surface area (Å²) >= 11 is 4.90. The molecule has 0 aromatic rings. The van der Waals surface area contributed by atoms with Gasteiger partial charge in [0.25, 0.3) is 0 Å². The zero-order valence-electron chi connectivity index (χ0n) is 9.66. The highest BCUT2D eigenvalue weighted by Crippen LogP contribution is 2.04. The summed E-state index contributed by atoms with van der Waals surface area (Å²) in [6.45, 7) is 5.20. The van der Waals surface area contributed by atoms with E-state index >= 15 is 0 Å². The molecule has 1 aliphatic rings. The number of hydrogen-bond acceptors (Lipinski definition) is 3. The van der Waals surface area contributed by atoms with Gasteiger partial charge < -0.3 is 21.1 Å². The Kier molecular flexibility index (Phi) is 4.95. The van der Waals surface area contributed by atoms with Crippen molar-refractivity contribution < 1.29 is 9.53 Å². The molecule has 2 amide bonds. The van der Waals surface area contributed by atoms with Crippen molar-refractivity contribution in [1.82, 2.24) is 10.6 Å². The van der Waals surface area contributed by atoms with Crippen LogP contribution in [0.15, 0.2) is 0 Å². The van der Waals surface area contributed by atoms with Gasteiger partial charge in [-0.25, -0.2) is 4.79 Å². The number of urea groups is 1. The molecular weight excluding hydrogens is 226 g/mol. The average molecular weight is 245 g/mol. The molecule has 1 fully saturated rings. The van der Waals surface area contributed by atoms with Crippen molar-refractivity contribution in [3.63, 3.8) is 0 Å². The van der Waals surface area contributed by atoms with Gasteiger partial charge in [0, 0.05) is 6.61 Å². The highest BCUT2D eigenvalue weighted by Gasteiger charge is 2.22. The molecule has 0 aromatic carbocycles. The van der Waals surface area contributed by atoms with Gasteiger partial charge in [0.05, 0.1) is 23.7 Å². The molecule has 1 aliphatic heterocycles. The predicted molar refractivity (Wildman–Crippen MR) is 66.3 cm³/mol. The second-order valence-corrected chi connectivity index (χ2v) is 4.77. The number of carbonyl (C=O) groups is 1. The number of nitrogens with two attached hydrogens (primary N) is 1. The quantitative estimate of drug-likeness (QED) is 0.626. The fourth-order valence-electron chi connectivity index (χ4n) is 1.58. The third-order valence-electron chi connectivity index (χ3n) is 2.52. The summed E-state index contributed by atoms with van der Waals surface area (Å²) in [4.78, 5) is 11.9. The molecule has 92 valence electrons. The van der Waals surface area contributed by atoms with E-state index in [1.165, 1.54) is 0 Å². The van der Waals surface area contributed by atoms with Gasteiger partial charge in [0.2, 0.25) is 0 Å². The van der Waals surface area contributed by atoms with Crippen LogP contribution in [0.3, 0.4) is 0 Å². The fourth-order valence-corrected chi connectivity index (χ4v) is 1.91. The SMILES string of the molecule is CC(C)C(NC(=O)NC1CCOC1)C(N)=S. The van der Waals surface area contributed by atoms with E-state index in [1.807, 2.05) is 13.8 Å². The Morgan fingerprint density at radius 1 is 1.56 bits per heavy atom. The molecule has 2 unspecified atom stereocenters. The third-order valence-corrected chi connectivity index (χ3v) is 2.78. The van der Waals surface area contributed by atoms with E-state index < -0.39 is 0 Å². The zero-order valence-corrected chi connectivity index (χ0v) is 10.5. The lowest BCUT2D eigenvalue weighted by Gasteiger charge is -2.22. The first-order valence-corrected chi connectivity index (χ1v) is 5.85. The van der Waals surface area contributed by atoms with E-state index in [0.717, 1.165) is 6.42 Å². The van der Waals surface area contributed by atoms with E-state index in [4.69, 9.17) is 22.7 Å². The Balaban J connectivity index is 2.38. The second kappa shape index (κ2) is 6.00. The Labute approximate surface area is 101 Å². The lowest BCUT2D eigenvalue weighted by Crippen LogP contribution is -2.52. The maximum Gasteiger partial charge on any atom is 0.315 e. The largest absolute Gasteiger partial charge is 0.392 e. The predicted octanol–water partition coefficient (Wildman–Crippen LogP) is 0.385. The molecule has 0 spiro atoms. The van der Waals surface area contributed by atoms with Crippen molar-refractivity contribution in [3.05, 3.63) is 0 Å². The molecule has 5 nitrogen and oxygen atoms in total. The van der Waals surface area contributed by atoms with Gasteiger partial charge in [-0.15, -0.1) is 0 Å². The first-order valence-electron chi connectivity index (χ1n) is 5.44. The van der Waals surface area contributed by atoms with Gasteiger partial charge in [-0.3, -0.25) is 0 Å². The van der Waals surface area contributed by atoms with Crippen LogP contribution in [0.1, 0.15) is 20.3 Å². The van der Waals surface area contributed by atoms with Crippen LogP contribution in [0.5, 0.6) is 0 Å². The summed E-state index contributed by atoms with van der Waals surface area (Å²) in [6.07, 6.45) is 0.854. The van der Waals surface area contributed by atoms with Gasteiger partial charge >= 0.3 is 6.03 Å². The molecular formula is C10H19N3O2S. The van der Waals surface area contributed by atoms with Gasteiger partial charge in [-0.05, 0) is 12.3 Å². The maximum atomic E-state index is 11.6. The van der Waals surface area contributed by atoms with Crippen LogP contribution in [0.25, 0.3) is 0 Å². The Bertz CT molecular complexity index is 265. The smallest absolute Gasteiger partial charge is 0.315 e. The fraction of sp³-hybridized carbons (Fsp3) is 0.800. The Morgan fingerprint density at radius 2 is 2.25 bits per heavy atom. The number of nitrogens with one attached hydrogen (secondary N) is 2. The Hall–Kier alpha value is -0.880. The molecule has 4 N–H and O–H groups in total. The lowest BCUT2D eigenvalue weighted by atomic mass is 10.1. The first-order chi connectivity index (χ1) is 7.50. The molecule has 2 atom stereocenters. The van der Waals surface area contributed by atoms with Crippen LogP contribution in [-0.4, -0.2) is 36.3 Å². The molecule has 1 saturated heterocycles. The standard InChI is InChI=1S/C10H19N3O2S/c1-6(2)8(9(11)16)13-10(14)12-7-3-4-15-5-7/h6-8H,3-5H2,1-2H3,(H2,11,16)(H2,12,13,14). The molecule has 6 heteroatoms. The van der Waals surface area contributed by atoms with Gasteiger partial charge in [-0.2, -0.15) is 0 Å². The van der Waals surface area contributed by atoms with Crippen molar-refractivity contribution in [2.75, 3.05) is 13.2 Å². The van der Waals surface area contributed by atoms with Gasteiger partial charge in [0.1, 0.15) is 0 Å². The Morgan fingerprint density at radius 3 is 2.69 bits per heavy atom. The van der Waals surface area contributed by atoms with Crippen LogP contribution in [0.4, 0.5) is 4.79 Å². The minimum Gasteiger partial charge on any atom is -0.392 e. The first kappa shape index (κ1) is 13.2. The molecule has 0 saturated carbocycles. The van der Waals surface area contributed by atoms with Crippen molar-refractivity contribution in [3.8, 4) is 0 Å². The molecule has 0 aromatic heterocycles. The van der Waals surface area contributed by atoms with E-state index in [2.05, 4.69) is 10.6 Å². The molecule has 0 aliphatic carbocycles. The van der Waals surface area contributed by atoms with Crippen molar-refractivity contribution >= 4 is 23.2 Å². The van der Waals surface area contributed by atoms with Crippen LogP contribution in [0.2, 0.25) is 0 Å². The molecule has 16 heavy (non-hydrogen) atoms. The highest BCUT2D eigenvalue weighted by atomic mass is 32.1. The molecule has 1 rings (SSSR count). The maximum absolute atomic E-state index is 11.6. The number of carbonyl (C=O) groups excluding carboxylic acids is 1. The number of hydrogen-bond donors (Lipinski definition) is 3. The summed E-state index contributed by atoms with van der Waals surface area (Å²) in [6, 6.07) is -0.404. The van der Waals surface area contributed by atoms with E-state index in [0.29, 0.717) is 18.2 Å². The lowest BCUT2D eigenvalue weighted by molar-refractivity contribution is 0.188. The number of rotatable bonds is 4. The summed E-state index contributed by atoms with van der Waals surface area (Å²) in [5, 5.41) is 5.60. The summed E-state index contributed by atoms with van der Waals surface area (Å²) in [5.41, 5.74) is 5.56. The summed E-state index contributed by atoms with van der Waals surface area (Å²) < 4.78 is 5.16. The summed E-state index contributed by atoms with van der Waals surface area (Å²) in [7, 11) is 0. The van der Waals surface area contributed by atoms with Crippen LogP contribution >= 0.6 is 12.2 Å². The van der Waals surface area contributed by atoms with Crippen molar-refractivity contribution in [2.24, 2.45) is 11.7 Å². The van der Waals surface area contributed by atoms with Crippen molar-refractivity contribution in [2.45, 2.75) is 32.4 Å². The minimum atomic E-state index is -0.266.